The number of nitrogens with one attached hydrogen (secondary N) is 2. The first kappa shape index (κ1) is 18.5. The van der Waals surface area contributed by atoms with E-state index in [1.165, 1.54) is 11.6 Å². The van der Waals surface area contributed by atoms with Gasteiger partial charge >= 0.3 is 0 Å². The van der Waals surface area contributed by atoms with Crippen LogP contribution in [0.15, 0.2) is 23.0 Å². The highest BCUT2D eigenvalue weighted by molar-refractivity contribution is 6.34. The van der Waals surface area contributed by atoms with Crippen LogP contribution in [0.5, 0.6) is 0 Å². The Kier molecular flexibility index (Phi) is 5.11. The van der Waals surface area contributed by atoms with Gasteiger partial charge in [0.15, 0.2) is 0 Å². The van der Waals surface area contributed by atoms with Gasteiger partial charge in [-0.05, 0) is 25.1 Å². The zero-order valence-corrected chi connectivity index (χ0v) is 15.8. The topological polar surface area (TPSA) is 87.2 Å². The molecule has 0 bridgehead atoms. The van der Waals surface area contributed by atoms with Gasteiger partial charge in [0, 0.05) is 25.0 Å². The van der Waals surface area contributed by atoms with Gasteiger partial charge in [-0.1, -0.05) is 23.2 Å². The molecule has 3 rings (SSSR count). The number of amides is 2. The summed E-state index contributed by atoms with van der Waals surface area (Å²) >= 11 is 12.2. The van der Waals surface area contributed by atoms with Crippen molar-refractivity contribution in [2.75, 3.05) is 13.1 Å². The molecule has 0 saturated carbocycles. The molecule has 2 amide bonds. The van der Waals surface area contributed by atoms with E-state index in [1.54, 1.807) is 30.0 Å². The predicted molar refractivity (Wildman–Crippen MR) is 98.9 cm³/mol. The summed E-state index contributed by atoms with van der Waals surface area (Å²) in [7, 11) is 0. The molecule has 2 N–H and O–H groups in total. The van der Waals surface area contributed by atoms with Gasteiger partial charge in [0.1, 0.15) is 0 Å². The molecule has 2 aromatic rings. The Balaban J connectivity index is 1.97. The van der Waals surface area contributed by atoms with Gasteiger partial charge in [-0.25, -0.2) is 4.68 Å². The van der Waals surface area contributed by atoms with Crippen LogP contribution in [0.25, 0.3) is 5.69 Å². The van der Waals surface area contributed by atoms with Crippen molar-refractivity contribution in [3.05, 3.63) is 49.9 Å². The first-order valence-corrected chi connectivity index (χ1v) is 8.88. The Hall–Kier alpha value is -2.25. The van der Waals surface area contributed by atoms with E-state index in [0.717, 1.165) is 0 Å². The summed E-state index contributed by atoms with van der Waals surface area (Å²) in [6.45, 7) is 3.88. The minimum absolute atomic E-state index is 0.0835. The maximum atomic E-state index is 12.9. The number of hydrogen-bond donors (Lipinski definition) is 2. The van der Waals surface area contributed by atoms with E-state index in [1.807, 2.05) is 0 Å². The number of halogens is 2. The lowest BCUT2D eigenvalue weighted by Crippen LogP contribution is -2.44. The molecule has 1 aliphatic rings. The zero-order chi connectivity index (χ0) is 19.0. The van der Waals surface area contributed by atoms with Gasteiger partial charge in [-0.3, -0.25) is 19.5 Å². The van der Waals surface area contributed by atoms with E-state index in [0.29, 0.717) is 40.1 Å². The molecule has 2 heterocycles. The normalized spacial score (nSPS) is 16.5. The fourth-order valence-corrected chi connectivity index (χ4v) is 3.55. The lowest BCUT2D eigenvalue weighted by molar-refractivity contribution is -0.134. The lowest BCUT2D eigenvalue weighted by Gasteiger charge is -2.32. The second-order valence-electron chi connectivity index (χ2n) is 6.16. The summed E-state index contributed by atoms with van der Waals surface area (Å²) in [5.74, 6) is -0.275. The Morgan fingerprint density at radius 2 is 2.08 bits per heavy atom. The number of aromatic nitrogens is 2. The molecule has 0 fully saturated rings. The molecule has 9 heteroatoms. The molecule has 7 nitrogen and oxygen atoms in total. The van der Waals surface area contributed by atoms with Crippen molar-refractivity contribution in [1.29, 1.82) is 0 Å². The predicted octanol–water partition coefficient (Wildman–Crippen LogP) is 2.05. The van der Waals surface area contributed by atoms with Gasteiger partial charge in [0.25, 0.3) is 5.56 Å². The van der Waals surface area contributed by atoms with Gasteiger partial charge in [0.2, 0.25) is 11.8 Å². The average molecular weight is 397 g/mol. The standard InChI is InChI=1S/C17H18Cl2N4O3/c1-9-16-13(8-15(25)22(9)6-5-20-10(2)24)21-23(17(16)26)14-7-11(18)3-4-12(14)19/h3-4,7,9,21H,5-6,8H2,1-2H3,(H,20,24). The Morgan fingerprint density at radius 3 is 2.77 bits per heavy atom. The Bertz CT molecular complexity index is 935. The highest BCUT2D eigenvalue weighted by Crippen LogP contribution is 2.29. The van der Waals surface area contributed by atoms with E-state index >= 15 is 0 Å². The second-order valence-corrected chi connectivity index (χ2v) is 7.01. The smallest absolute Gasteiger partial charge is 0.276 e. The van der Waals surface area contributed by atoms with E-state index in [9.17, 15) is 14.4 Å². The SMILES string of the molecule is CC(=O)NCCN1C(=O)Cc2[nH]n(-c3cc(Cl)ccc3Cl)c(=O)c2C1C. The van der Waals surface area contributed by atoms with E-state index in [2.05, 4.69) is 10.4 Å². The average Bonchev–Trinajstić information content (AvgIpc) is 2.89. The van der Waals surface area contributed by atoms with Crippen molar-refractivity contribution < 1.29 is 9.59 Å². The van der Waals surface area contributed by atoms with Crippen molar-refractivity contribution in [2.45, 2.75) is 26.3 Å². The van der Waals surface area contributed by atoms with Crippen LogP contribution >= 0.6 is 23.2 Å². The van der Waals surface area contributed by atoms with E-state index in [4.69, 9.17) is 23.2 Å². The van der Waals surface area contributed by atoms with Gasteiger partial charge in [-0.2, -0.15) is 0 Å². The second kappa shape index (κ2) is 7.17. The van der Waals surface area contributed by atoms with Crippen molar-refractivity contribution in [2.24, 2.45) is 0 Å². The first-order valence-electron chi connectivity index (χ1n) is 8.12. The molecule has 1 atom stereocenters. The molecule has 1 unspecified atom stereocenters. The summed E-state index contributed by atoms with van der Waals surface area (Å²) in [4.78, 5) is 38.0. The van der Waals surface area contributed by atoms with Crippen LogP contribution in [0.3, 0.4) is 0 Å². The third-order valence-electron chi connectivity index (χ3n) is 4.41. The fraction of sp³-hybridized carbons (Fsp3) is 0.353. The maximum Gasteiger partial charge on any atom is 0.276 e. The monoisotopic (exact) mass is 396 g/mol. The summed E-state index contributed by atoms with van der Waals surface area (Å²) < 4.78 is 1.32. The first-order chi connectivity index (χ1) is 12.3. The number of carbonyl (C=O) groups is 2. The Morgan fingerprint density at radius 1 is 1.35 bits per heavy atom. The summed E-state index contributed by atoms with van der Waals surface area (Å²) in [6.07, 6.45) is 0.0835. The number of carbonyl (C=O) groups excluding carboxylic acids is 2. The highest BCUT2D eigenvalue weighted by Gasteiger charge is 2.34. The van der Waals surface area contributed by atoms with Gasteiger partial charge < -0.3 is 10.2 Å². The van der Waals surface area contributed by atoms with Crippen molar-refractivity contribution in [1.82, 2.24) is 20.0 Å². The number of fused-ring (bicyclic) bond motifs is 1. The number of aromatic amines is 1. The molecule has 138 valence electrons. The molecule has 0 saturated heterocycles. The third-order valence-corrected chi connectivity index (χ3v) is 4.97. The van der Waals surface area contributed by atoms with Crippen LogP contribution in [0.4, 0.5) is 0 Å². The van der Waals surface area contributed by atoms with Crippen molar-refractivity contribution in [3.63, 3.8) is 0 Å². The minimum Gasteiger partial charge on any atom is -0.355 e. The molecule has 1 aromatic carbocycles. The highest BCUT2D eigenvalue weighted by atomic mass is 35.5. The third kappa shape index (κ3) is 3.37. The molecular formula is C17H18Cl2N4O3. The van der Waals surface area contributed by atoms with Crippen LogP contribution in [0, 0.1) is 0 Å². The summed E-state index contributed by atoms with van der Waals surface area (Å²) in [5.41, 5.74) is 1.25. The number of hydrogen-bond acceptors (Lipinski definition) is 3. The fourth-order valence-electron chi connectivity index (χ4n) is 3.18. The largest absolute Gasteiger partial charge is 0.355 e. The van der Waals surface area contributed by atoms with E-state index in [-0.39, 0.29) is 23.8 Å². The maximum absolute atomic E-state index is 12.9. The number of rotatable bonds is 4. The summed E-state index contributed by atoms with van der Waals surface area (Å²) in [6, 6.07) is 4.42. The van der Waals surface area contributed by atoms with Gasteiger partial charge in [0.05, 0.1) is 34.4 Å². The van der Waals surface area contributed by atoms with Crippen LogP contribution in [0.2, 0.25) is 10.0 Å². The lowest BCUT2D eigenvalue weighted by atomic mass is 10.00. The molecule has 0 aliphatic carbocycles. The molecule has 26 heavy (non-hydrogen) atoms. The summed E-state index contributed by atoms with van der Waals surface area (Å²) in [5, 5.41) is 6.47. The van der Waals surface area contributed by atoms with Crippen molar-refractivity contribution >= 4 is 35.0 Å². The molecule has 0 spiro atoms. The Labute approximate surface area is 159 Å². The van der Waals surface area contributed by atoms with Crippen LogP contribution in [-0.4, -0.2) is 39.6 Å². The molecule has 1 aliphatic heterocycles. The number of nitrogens with zero attached hydrogens (tertiary/aromatic N) is 2. The quantitative estimate of drug-likeness (QED) is 0.828. The van der Waals surface area contributed by atoms with Crippen LogP contribution in [-0.2, 0) is 16.0 Å². The van der Waals surface area contributed by atoms with Crippen molar-refractivity contribution in [3.8, 4) is 5.69 Å². The number of benzene rings is 1. The van der Waals surface area contributed by atoms with Gasteiger partial charge in [-0.15, -0.1) is 0 Å². The molecule has 1 aromatic heterocycles. The van der Waals surface area contributed by atoms with E-state index < -0.39 is 6.04 Å². The minimum atomic E-state index is -0.414. The molecule has 0 radical (unpaired) electrons. The number of H-pyrrole nitrogens is 1. The molecular weight excluding hydrogens is 379 g/mol. The zero-order valence-electron chi connectivity index (χ0n) is 14.3. The van der Waals surface area contributed by atoms with Crippen LogP contribution in [0.1, 0.15) is 31.1 Å². The van der Waals surface area contributed by atoms with Crippen LogP contribution < -0.4 is 10.9 Å².